The largest absolute Gasteiger partial charge is 0.491 e. The maximum absolute atomic E-state index is 13.8. The van der Waals surface area contributed by atoms with Crippen molar-refractivity contribution in [1.29, 1.82) is 0 Å². The lowest BCUT2D eigenvalue weighted by atomic mass is 10.00. The summed E-state index contributed by atoms with van der Waals surface area (Å²) in [6.07, 6.45) is 7.02. The van der Waals surface area contributed by atoms with Crippen LogP contribution < -0.4 is 15.0 Å². The van der Waals surface area contributed by atoms with Crippen molar-refractivity contribution in [2.45, 2.75) is 51.6 Å². The summed E-state index contributed by atoms with van der Waals surface area (Å²) in [7, 11) is 2.18. The summed E-state index contributed by atoms with van der Waals surface area (Å²) in [5.41, 5.74) is 8.16. The van der Waals surface area contributed by atoms with E-state index in [1.165, 1.54) is 5.56 Å². The molecular formula is C42H49N3O4. The van der Waals surface area contributed by atoms with Gasteiger partial charge in [0, 0.05) is 61.6 Å². The van der Waals surface area contributed by atoms with E-state index in [0.717, 1.165) is 97.1 Å². The molecule has 0 bridgehead atoms. The predicted octanol–water partition coefficient (Wildman–Crippen LogP) is 8.72. The Hall–Kier alpha value is -4.43. The van der Waals surface area contributed by atoms with Gasteiger partial charge < -0.3 is 24.4 Å². The highest BCUT2D eigenvalue weighted by molar-refractivity contribution is 6.07. The van der Waals surface area contributed by atoms with Crippen LogP contribution in [-0.4, -0.2) is 63.5 Å². The van der Waals surface area contributed by atoms with Crippen LogP contribution in [-0.2, 0) is 20.8 Å². The van der Waals surface area contributed by atoms with Crippen molar-refractivity contribution in [2.24, 2.45) is 0 Å². The number of benzene rings is 4. The molecule has 0 saturated carbocycles. The highest BCUT2D eigenvalue weighted by atomic mass is 16.5. The third-order valence-electron chi connectivity index (χ3n) is 9.40. The van der Waals surface area contributed by atoms with Gasteiger partial charge in [0.15, 0.2) is 0 Å². The minimum atomic E-state index is -0.0708. The van der Waals surface area contributed by atoms with Gasteiger partial charge in [-0.15, -0.1) is 0 Å². The second kappa shape index (κ2) is 17.3. The van der Waals surface area contributed by atoms with Crippen molar-refractivity contribution >= 4 is 29.0 Å². The molecule has 256 valence electrons. The van der Waals surface area contributed by atoms with Crippen LogP contribution in [0.5, 0.6) is 5.75 Å². The molecule has 4 aromatic carbocycles. The molecule has 0 aromatic heterocycles. The summed E-state index contributed by atoms with van der Waals surface area (Å²) >= 11 is 0. The molecule has 2 aliphatic rings. The van der Waals surface area contributed by atoms with E-state index in [4.69, 9.17) is 14.2 Å². The number of hydrogen-bond acceptors (Lipinski definition) is 6. The fourth-order valence-corrected chi connectivity index (χ4v) is 6.52. The van der Waals surface area contributed by atoms with Crippen LogP contribution in [0.4, 0.5) is 17.1 Å². The molecular weight excluding hydrogens is 610 g/mol. The molecule has 2 aliphatic heterocycles. The third-order valence-corrected chi connectivity index (χ3v) is 9.40. The highest BCUT2D eigenvalue weighted by Crippen LogP contribution is 2.37. The molecule has 6 rings (SSSR count). The zero-order chi connectivity index (χ0) is 33.8. The number of unbranched alkanes of at least 4 members (excludes halogenated alkanes) is 1. The molecule has 0 radical (unpaired) electrons. The summed E-state index contributed by atoms with van der Waals surface area (Å²) in [4.78, 5) is 18.5. The van der Waals surface area contributed by atoms with Crippen LogP contribution in [0, 0.1) is 0 Å². The molecule has 1 amide bonds. The van der Waals surface area contributed by atoms with E-state index in [1.807, 2.05) is 30.3 Å². The number of fused-ring (bicyclic) bond motifs is 1. The number of nitrogens with one attached hydrogen (secondary N) is 1. The van der Waals surface area contributed by atoms with Crippen molar-refractivity contribution in [2.75, 3.05) is 56.8 Å². The van der Waals surface area contributed by atoms with Crippen LogP contribution >= 0.6 is 0 Å². The van der Waals surface area contributed by atoms with Gasteiger partial charge in [0.1, 0.15) is 12.4 Å². The fourth-order valence-electron chi connectivity index (χ4n) is 6.52. The Balaban J connectivity index is 1.16. The van der Waals surface area contributed by atoms with Crippen molar-refractivity contribution in [3.63, 3.8) is 0 Å². The van der Waals surface area contributed by atoms with Gasteiger partial charge in [0.2, 0.25) is 0 Å². The van der Waals surface area contributed by atoms with Gasteiger partial charge in [-0.2, -0.15) is 0 Å². The molecule has 0 unspecified atom stereocenters. The second-order valence-corrected chi connectivity index (χ2v) is 12.9. The maximum Gasteiger partial charge on any atom is 0.251 e. The Morgan fingerprint density at radius 3 is 2.41 bits per heavy atom. The van der Waals surface area contributed by atoms with E-state index < -0.39 is 0 Å². The van der Waals surface area contributed by atoms with E-state index >= 15 is 0 Å². The zero-order valence-electron chi connectivity index (χ0n) is 28.9. The molecule has 1 saturated heterocycles. The normalized spacial score (nSPS) is 15.0. The zero-order valence-corrected chi connectivity index (χ0v) is 28.9. The minimum Gasteiger partial charge on any atom is -0.491 e. The number of nitrogens with zero attached hydrogens (tertiary/aromatic N) is 2. The van der Waals surface area contributed by atoms with Crippen LogP contribution in [0.25, 0.3) is 17.2 Å². The molecule has 0 aliphatic carbocycles. The molecule has 0 atom stereocenters. The fraction of sp³-hybridized carbons (Fsp3) is 0.357. The summed E-state index contributed by atoms with van der Waals surface area (Å²) in [5, 5.41) is 3.17. The number of anilines is 3. The average Bonchev–Trinajstić information content (AvgIpc) is 3.34. The van der Waals surface area contributed by atoms with Crippen molar-refractivity contribution in [3.05, 3.63) is 114 Å². The van der Waals surface area contributed by atoms with Gasteiger partial charge in [-0.25, -0.2) is 0 Å². The first kappa shape index (κ1) is 34.4. The minimum absolute atomic E-state index is 0.0708. The molecule has 2 heterocycles. The summed E-state index contributed by atoms with van der Waals surface area (Å²) in [6, 6.07) is 33.9. The van der Waals surface area contributed by atoms with Crippen LogP contribution in [0.15, 0.2) is 103 Å². The first-order valence-corrected chi connectivity index (χ1v) is 17.7. The van der Waals surface area contributed by atoms with Crippen LogP contribution in [0.3, 0.4) is 0 Å². The van der Waals surface area contributed by atoms with Gasteiger partial charge in [0.05, 0.1) is 6.61 Å². The van der Waals surface area contributed by atoms with Gasteiger partial charge in [-0.1, -0.05) is 61.9 Å². The Morgan fingerprint density at radius 2 is 1.65 bits per heavy atom. The Morgan fingerprint density at radius 1 is 0.898 bits per heavy atom. The standard InChI is InChI=1S/C42H49N3O4/c1-3-4-24-47-27-28-49-40-17-12-33(13-18-40)34-14-19-41-36(29-34)30-35(20-23-45(41)39-8-6-5-7-9-39)42(46)43-37-15-10-32(11-16-37)31-44(2)38-21-25-48-26-22-38/h5-19,29-30,38H,3-4,20-28,31H2,1-2H3,(H,43,46). The van der Waals surface area contributed by atoms with Gasteiger partial charge >= 0.3 is 0 Å². The monoisotopic (exact) mass is 659 g/mol. The topological polar surface area (TPSA) is 63.3 Å². The maximum atomic E-state index is 13.8. The summed E-state index contributed by atoms with van der Waals surface area (Å²) < 4.78 is 17.0. The van der Waals surface area contributed by atoms with Crippen LogP contribution in [0.1, 0.15) is 50.2 Å². The Bertz CT molecular complexity index is 1660. The first-order chi connectivity index (χ1) is 24.1. The summed E-state index contributed by atoms with van der Waals surface area (Å²) in [5.74, 6) is 0.754. The number of para-hydroxylation sites is 1. The van der Waals surface area contributed by atoms with Gasteiger partial charge in [-0.3, -0.25) is 9.69 Å². The average molecular weight is 660 g/mol. The lowest BCUT2D eigenvalue weighted by Gasteiger charge is -2.31. The molecule has 0 spiro atoms. The number of carbonyl (C=O) groups is 1. The predicted molar refractivity (Wildman–Crippen MR) is 200 cm³/mol. The second-order valence-electron chi connectivity index (χ2n) is 12.9. The van der Waals surface area contributed by atoms with Crippen molar-refractivity contribution in [1.82, 2.24) is 4.90 Å². The highest BCUT2D eigenvalue weighted by Gasteiger charge is 2.22. The number of ether oxygens (including phenoxy) is 3. The quantitative estimate of drug-likeness (QED) is 0.137. The summed E-state index contributed by atoms with van der Waals surface area (Å²) in [6.45, 7) is 7.30. The molecule has 1 fully saturated rings. The number of hydrogen-bond donors (Lipinski definition) is 1. The smallest absolute Gasteiger partial charge is 0.251 e. The lowest BCUT2D eigenvalue weighted by Crippen LogP contribution is -2.36. The van der Waals surface area contributed by atoms with Crippen LogP contribution in [0.2, 0.25) is 0 Å². The van der Waals surface area contributed by atoms with E-state index in [2.05, 4.69) is 102 Å². The SMILES string of the molecule is CCCCOCCOc1ccc(-c2ccc3c(c2)C=C(C(=O)Nc2ccc(CN(C)C4CCOCC4)cc2)CCN3c2ccccc2)cc1. The number of carbonyl (C=O) groups excluding carboxylic acids is 1. The first-order valence-electron chi connectivity index (χ1n) is 17.7. The van der Waals surface area contributed by atoms with E-state index in [1.54, 1.807) is 0 Å². The molecule has 4 aromatic rings. The Kier molecular flexibility index (Phi) is 12.2. The van der Waals surface area contributed by atoms with Gasteiger partial charge in [0.25, 0.3) is 5.91 Å². The van der Waals surface area contributed by atoms with Crippen molar-refractivity contribution in [3.8, 4) is 16.9 Å². The molecule has 1 N–H and O–H groups in total. The molecule has 49 heavy (non-hydrogen) atoms. The lowest BCUT2D eigenvalue weighted by molar-refractivity contribution is -0.112. The van der Waals surface area contributed by atoms with E-state index in [0.29, 0.717) is 32.2 Å². The van der Waals surface area contributed by atoms with Crippen molar-refractivity contribution < 1.29 is 19.0 Å². The third kappa shape index (κ3) is 9.38. The Labute approximate surface area is 291 Å². The number of rotatable bonds is 14. The van der Waals surface area contributed by atoms with E-state index in [9.17, 15) is 4.79 Å². The molecule has 7 nitrogen and oxygen atoms in total. The molecule has 7 heteroatoms. The van der Waals surface area contributed by atoms with Gasteiger partial charge in [-0.05, 0) is 110 Å². The van der Waals surface area contributed by atoms with E-state index in [-0.39, 0.29) is 5.91 Å². The number of amides is 1.